The highest BCUT2D eigenvalue weighted by Crippen LogP contribution is 2.28. The van der Waals surface area contributed by atoms with E-state index in [9.17, 15) is 4.79 Å². The molecular formula is C30H30ClN3O2. The topological polar surface area (TPSA) is 48.7 Å². The molecular weight excluding hydrogens is 470 g/mol. The smallest absolute Gasteiger partial charge is 0.294 e. The summed E-state index contributed by atoms with van der Waals surface area (Å²) >= 11 is 6.03. The number of rotatable bonds is 7. The third kappa shape index (κ3) is 5.32. The number of amides is 1. The molecule has 0 bridgehead atoms. The average Bonchev–Trinajstić information content (AvgIpc) is 3.43. The number of piperazine rings is 1. The van der Waals surface area contributed by atoms with Gasteiger partial charge in [-0.3, -0.25) is 4.79 Å². The van der Waals surface area contributed by atoms with Crippen molar-refractivity contribution in [3.63, 3.8) is 0 Å². The summed E-state index contributed by atoms with van der Waals surface area (Å²) < 4.78 is 6.04. The van der Waals surface area contributed by atoms with Crippen molar-refractivity contribution in [3.05, 3.63) is 107 Å². The van der Waals surface area contributed by atoms with Crippen LogP contribution in [0.5, 0.6) is 0 Å². The lowest BCUT2D eigenvalue weighted by Gasteiger charge is -2.30. The van der Waals surface area contributed by atoms with E-state index in [1.807, 2.05) is 54.6 Å². The molecule has 0 saturated carbocycles. The summed E-state index contributed by atoms with van der Waals surface area (Å²) in [7, 11) is 0. The Bertz CT molecular complexity index is 1310. The lowest BCUT2D eigenvalue weighted by molar-refractivity contribution is 0.0959. The average molecular weight is 500 g/mol. The highest BCUT2D eigenvalue weighted by atomic mass is 35.5. The van der Waals surface area contributed by atoms with Crippen LogP contribution in [-0.2, 0) is 13.0 Å². The first kappa shape index (κ1) is 24.2. The van der Waals surface area contributed by atoms with E-state index in [-0.39, 0.29) is 5.91 Å². The Morgan fingerprint density at radius 1 is 0.917 bits per heavy atom. The summed E-state index contributed by atoms with van der Waals surface area (Å²) in [5, 5.41) is 4.05. The van der Waals surface area contributed by atoms with Crippen LogP contribution >= 0.6 is 11.6 Å². The number of halogens is 1. The van der Waals surface area contributed by atoms with E-state index in [1.54, 1.807) is 11.0 Å². The second-order valence-corrected chi connectivity index (χ2v) is 9.37. The predicted molar refractivity (Wildman–Crippen MR) is 147 cm³/mol. The Morgan fingerprint density at radius 2 is 1.61 bits per heavy atom. The van der Waals surface area contributed by atoms with Gasteiger partial charge in [0.1, 0.15) is 5.76 Å². The number of nitrogens with one attached hydrogen (secondary N) is 1. The Morgan fingerprint density at radius 3 is 2.31 bits per heavy atom. The Kier molecular flexibility index (Phi) is 7.40. The maximum absolute atomic E-state index is 13.8. The first-order valence-electron chi connectivity index (χ1n) is 12.4. The van der Waals surface area contributed by atoms with Crippen LogP contribution in [0.4, 0.5) is 11.4 Å². The van der Waals surface area contributed by atoms with Crippen molar-refractivity contribution in [2.45, 2.75) is 19.9 Å². The normalized spacial score (nSPS) is 13.6. The second-order valence-electron chi connectivity index (χ2n) is 8.94. The van der Waals surface area contributed by atoms with Gasteiger partial charge in [-0.25, -0.2) is 0 Å². The van der Waals surface area contributed by atoms with Crippen LogP contribution in [0.3, 0.4) is 0 Å². The third-order valence-electron chi connectivity index (χ3n) is 6.66. The summed E-state index contributed by atoms with van der Waals surface area (Å²) in [5.74, 6) is 0.772. The minimum atomic E-state index is -0.170. The predicted octanol–water partition coefficient (Wildman–Crippen LogP) is 6.42. The van der Waals surface area contributed by atoms with Gasteiger partial charge in [0.25, 0.3) is 5.91 Å². The van der Waals surface area contributed by atoms with Crippen LogP contribution in [0, 0.1) is 0 Å². The van der Waals surface area contributed by atoms with Crippen LogP contribution < -0.4 is 15.1 Å². The SMILES string of the molecule is CCc1ccccc1CN(C(=O)c1ccc(-c2ccc(Cl)cc2)o1)c1ccc(N2CCNCC2)cc1. The van der Waals surface area contributed by atoms with Crippen molar-refractivity contribution in [2.24, 2.45) is 0 Å². The zero-order valence-corrected chi connectivity index (χ0v) is 21.2. The molecule has 36 heavy (non-hydrogen) atoms. The van der Waals surface area contributed by atoms with Crippen molar-refractivity contribution in [1.82, 2.24) is 5.32 Å². The van der Waals surface area contributed by atoms with Gasteiger partial charge in [-0.2, -0.15) is 0 Å². The maximum atomic E-state index is 13.8. The lowest BCUT2D eigenvalue weighted by atomic mass is 10.0. The lowest BCUT2D eigenvalue weighted by Crippen LogP contribution is -2.43. The van der Waals surface area contributed by atoms with Gasteiger partial charge in [-0.1, -0.05) is 42.8 Å². The van der Waals surface area contributed by atoms with Gasteiger partial charge >= 0.3 is 0 Å². The molecule has 0 unspecified atom stereocenters. The molecule has 1 aromatic heterocycles. The summed E-state index contributed by atoms with van der Waals surface area (Å²) in [6.45, 7) is 6.52. The number of nitrogens with zero attached hydrogens (tertiary/aromatic N) is 2. The van der Waals surface area contributed by atoms with Crippen LogP contribution in [0.15, 0.2) is 89.3 Å². The molecule has 0 radical (unpaired) electrons. The molecule has 4 aromatic rings. The van der Waals surface area contributed by atoms with Gasteiger partial charge in [0, 0.05) is 48.1 Å². The zero-order chi connectivity index (χ0) is 24.9. The van der Waals surface area contributed by atoms with Crippen LogP contribution in [0.25, 0.3) is 11.3 Å². The van der Waals surface area contributed by atoms with Gasteiger partial charge in [0.2, 0.25) is 0 Å². The molecule has 5 nitrogen and oxygen atoms in total. The summed E-state index contributed by atoms with van der Waals surface area (Å²) in [6.07, 6.45) is 0.904. The second kappa shape index (κ2) is 11.0. The number of anilines is 2. The molecule has 0 atom stereocenters. The third-order valence-corrected chi connectivity index (χ3v) is 6.91. The fourth-order valence-electron chi connectivity index (χ4n) is 4.63. The van der Waals surface area contributed by atoms with Crippen molar-refractivity contribution in [3.8, 4) is 11.3 Å². The number of benzene rings is 3. The highest BCUT2D eigenvalue weighted by Gasteiger charge is 2.23. The van der Waals surface area contributed by atoms with E-state index >= 15 is 0 Å². The number of aryl methyl sites for hydroxylation is 1. The van der Waals surface area contributed by atoms with Crippen LogP contribution in [0.1, 0.15) is 28.6 Å². The molecule has 1 aliphatic heterocycles. The van der Waals surface area contributed by atoms with Gasteiger partial charge in [0.15, 0.2) is 5.76 Å². The van der Waals surface area contributed by atoms with Gasteiger partial charge < -0.3 is 19.5 Å². The van der Waals surface area contributed by atoms with E-state index in [1.165, 1.54) is 11.3 Å². The quantitative estimate of drug-likeness (QED) is 0.319. The number of hydrogen-bond donors (Lipinski definition) is 1. The Hall–Kier alpha value is -3.54. The molecule has 3 aromatic carbocycles. The van der Waals surface area contributed by atoms with Crippen LogP contribution in [-0.4, -0.2) is 32.1 Å². The number of carbonyl (C=O) groups excluding carboxylic acids is 1. The largest absolute Gasteiger partial charge is 0.451 e. The standard InChI is InChI=1S/C30H30ClN3O2/c1-2-22-5-3-4-6-24(22)21-34(27-13-11-26(12-14-27)33-19-17-32-18-20-33)30(35)29-16-15-28(36-29)23-7-9-25(31)10-8-23/h3-16,32H,2,17-21H2,1H3. The minimum Gasteiger partial charge on any atom is -0.451 e. The fraction of sp³-hybridized carbons (Fsp3) is 0.233. The molecule has 0 aliphatic carbocycles. The van der Waals surface area contributed by atoms with Gasteiger partial charge in [0.05, 0.1) is 6.54 Å². The molecule has 1 N–H and O–H groups in total. The molecule has 5 rings (SSSR count). The van der Waals surface area contributed by atoms with E-state index in [4.69, 9.17) is 16.0 Å². The Balaban J connectivity index is 1.46. The van der Waals surface area contributed by atoms with E-state index in [0.717, 1.165) is 49.4 Å². The maximum Gasteiger partial charge on any atom is 0.294 e. The van der Waals surface area contributed by atoms with E-state index < -0.39 is 0 Å². The molecule has 6 heteroatoms. The molecule has 2 heterocycles. The van der Waals surface area contributed by atoms with Gasteiger partial charge in [-0.15, -0.1) is 0 Å². The monoisotopic (exact) mass is 499 g/mol. The molecule has 1 amide bonds. The molecule has 1 fully saturated rings. The van der Waals surface area contributed by atoms with Crippen molar-refractivity contribution in [2.75, 3.05) is 36.0 Å². The summed E-state index contributed by atoms with van der Waals surface area (Å²) in [4.78, 5) is 18.0. The zero-order valence-electron chi connectivity index (χ0n) is 20.4. The first-order valence-corrected chi connectivity index (χ1v) is 12.8. The number of hydrogen-bond acceptors (Lipinski definition) is 4. The molecule has 0 spiro atoms. The first-order chi connectivity index (χ1) is 17.6. The fourth-order valence-corrected chi connectivity index (χ4v) is 4.75. The van der Waals surface area contributed by atoms with Crippen molar-refractivity contribution in [1.29, 1.82) is 0 Å². The van der Waals surface area contributed by atoms with Crippen LogP contribution in [0.2, 0.25) is 5.02 Å². The highest BCUT2D eigenvalue weighted by molar-refractivity contribution is 6.30. The van der Waals surface area contributed by atoms with E-state index in [2.05, 4.69) is 41.4 Å². The summed E-state index contributed by atoms with van der Waals surface area (Å²) in [6, 6.07) is 27.6. The number of carbonyl (C=O) groups is 1. The molecule has 184 valence electrons. The van der Waals surface area contributed by atoms with E-state index in [0.29, 0.717) is 23.1 Å². The Labute approximate surface area is 217 Å². The summed E-state index contributed by atoms with van der Waals surface area (Å²) in [5.41, 5.74) is 5.25. The van der Waals surface area contributed by atoms with Gasteiger partial charge in [-0.05, 0) is 78.2 Å². The van der Waals surface area contributed by atoms with Crippen molar-refractivity contribution < 1.29 is 9.21 Å². The number of furan rings is 1. The minimum absolute atomic E-state index is 0.170. The van der Waals surface area contributed by atoms with Crippen molar-refractivity contribution >= 4 is 28.9 Å². The molecule has 1 aliphatic rings. The molecule has 1 saturated heterocycles.